The zero-order valence-electron chi connectivity index (χ0n) is 26.0. The number of fused-ring (bicyclic) bond motifs is 4. The number of carbonyl (C=O) groups is 3. The monoisotopic (exact) mass is 604 g/mol. The van der Waals surface area contributed by atoms with Crippen molar-refractivity contribution in [1.29, 1.82) is 0 Å². The molecule has 1 aliphatic carbocycles. The largest absolute Gasteiger partial charge is 0.340 e. The highest BCUT2D eigenvalue weighted by atomic mass is 16.2. The van der Waals surface area contributed by atoms with Crippen LogP contribution in [0.15, 0.2) is 60.9 Å². The molecular formula is C36H40N6O3. The number of nitrogens with zero attached hydrogens (tertiary/aromatic N) is 4. The lowest BCUT2D eigenvalue weighted by atomic mass is 9.79. The van der Waals surface area contributed by atoms with E-state index in [9.17, 15) is 14.4 Å². The molecule has 232 valence electrons. The molecule has 1 spiro atoms. The molecule has 1 fully saturated rings. The normalized spacial score (nSPS) is 27.8. The lowest BCUT2D eigenvalue weighted by molar-refractivity contribution is -0.139. The van der Waals surface area contributed by atoms with Crippen molar-refractivity contribution in [3.8, 4) is 0 Å². The van der Waals surface area contributed by atoms with Crippen LogP contribution in [0.1, 0.15) is 76.8 Å². The number of anilines is 1. The summed E-state index contributed by atoms with van der Waals surface area (Å²) in [4.78, 5) is 54.5. The van der Waals surface area contributed by atoms with Gasteiger partial charge in [0.2, 0.25) is 11.8 Å². The third-order valence-electron chi connectivity index (χ3n) is 10.2. The first-order valence-electron chi connectivity index (χ1n) is 16.1. The first-order valence-corrected chi connectivity index (χ1v) is 16.1. The molecule has 3 aliphatic heterocycles. The Hall–Kier alpha value is -4.37. The van der Waals surface area contributed by atoms with Crippen LogP contribution < -0.4 is 10.6 Å². The first kappa shape index (κ1) is 29.3. The van der Waals surface area contributed by atoms with Gasteiger partial charge >= 0.3 is 0 Å². The number of nitrogens with one attached hydrogen (secondary N) is 2. The maximum Gasteiger partial charge on any atom is 0.253 e. The van der Waals surface area contributed by atoms with E-state index in [1.807, 2.05) is 29.2 Å². The minimum absolute atomic E-state index is 0.0250. The molecule has 7 bridgehead atoms. The van der Waals surface area contributed by atoms with Gasteiger partial charge in [0.1, 0.15) is 11.9 Å². The highest BCUT2D eigenvalue weighted by Crippen LogP contribution is 2.46. The van der Waals surface area contributed by atoms with Gasteiger partial charge in [-0.1, -0.05) is 48.9 Å². The molecule has 0 saturated carbocycles. The Balaban J connectivity index is 1.21. The van der Waals surface area contributed by atoms with Gasteiger partial charge in [-0.15, -0.1) is 0 Å². The van der Waals surface area contributed by atoms with E-state index < -0.39 is 11.5 Å². The van der Waals surface area contributed by atoms with E-state index in [0.717, 1.165) is 54.7 Å². The average molecular weight is 605 g/mol. The average Bonchev–Trinajstić information content (AvgIpc) is 3.56. The summed E-state index contributed by atoms with van der Waals surface area (Å²) in [6.45, 7) is 4.55. The predicted octanol–water partition coefficient (Wildman–Crippen LogP) is 4.10. The minimum atomic E-state index is -0.802. The molecule has 1 saturated heterocycles. The fraction of sp³-hybridized carbons (Fsp3) is 0.417. The predicted molar refractivity (Wildman–Crippen MR) is 173 cm³/mol. The smallest absolute Gasteiger partial charge is 0.253 e. The third kappa shape index (κ3) is 5.43. The molecule has 3 unspecified atom stereocenters. The van der Waals surface area contributed by atoms with Gasteiger partial charge < -0.3 is 20.4 Å². The quantitative estimate of drug-likeness (QED) is 0.433. The number of hydrogen-bond donors (Lipinski definition) is 2. The SMILES string of the molecule is CC1C(c2ccccc2)CC2NC(=O)c3cnc4c(c3)C[C@@]3(C4)C(=O)Nc4ncc(cc43)/C=C\CN(C)CCCCCN1C2=O. The Kier molecular flexibility index (Phi) is 7.73. The molecule has 3 aromatic rings. The van der Waals surface area contributed by atoms with Crippen molar-refractivity contribution in [1.82, 2.24) is 25.1 Å². The summed E-state index contributed by atoms with van der Waals surface area (Å²) in [5.74, 6) is 0.273. The molecule has 7 rings (SSSR count). The Bertz CT molecular complexity index is 1670. The summed E-state index contributed by atoms with van der Waals surface area (Å²) >= 11 is 0. The van der Waals surface area contributed by atoms with Crippen molar-refractivity contribution >= 4 is 29.6 Å². The second-order valence-electron chi connectivity index (χ2n) is 13.2. The van der Waals surface area contributed by atoms with Crippen molar-refractivity contribution < 1.29 is 14.4 Å². The van der Waals surface area contributed by atoms with Crippen LogP contribution in [0.4, 0.5) is 5.82 Å². The van der Waals surface area contributed by atoms with Crippen LogP contribution in [-0.2, 0) is 27.8 Å². The third-order valence-corrected chi connectivity index (χ3v) is 10.2. The molecular weight excluding hydrogens is 564 g/mol. The molecule has 4 atom stereocenters. The minimum Gasteiger partial charge on any atom is -0.340 e. The standard InChI is InChI=1S/C36H40N6O3/c1-23-28(25-11-5-3-6-12-25)18-30-34(44)42(23)15-8-4-7-13-41(2)14-9-10-24-16-29-32(38-21-24)40-35(45)36(29)19-26-17-27(33(43)39-30)22-37-31(26)20-36/h3,5-6,9-12,16-17,21-23,28,30H,4,7-8,13-15,18-20H2,1-2H3,(H,39,43)(H,38,40,45)/b10-9-/t23?,28?,30?,36-/m0/s1. The summed E-state index contributed by atoms with van der Waals surface area (Å²) in [6, 6.07) is 13.6. The number of benzene rings is 1. The van der Waals surface area contributed by atoms with Crippen molar-refractivity contribution in [2.45, 2.75) is 68.9 Å². The van der Waals surface area contributed by atoms with Gasteiger partial charge in [0.25, 0.3) is 5.91 Å². The number of amides is 3. The van der Waals surface area contributed by atoms with Crippen LogP contribution in [0.5, 0.6) is 0 Å². The zero-order chi connectivity index (χ0) is 31.1. The van der Waals surface area contributed by atoms with Crippen LogP contribution >= 0.6 is 0 Å². The Morgan fingerprint density at radius 2 is 1.78 bits per heavy atom. The summed E-state index contributed by atoms with van der Waals surface area (Å²) in [6.07, 6.45) is 12.0. The fourth-order valence-corrected chi connectivity index (χ4v) is 7.65. The van der Waals surface area contributed by atoms with E-state index in [1.165, 1.54) is 5.56 Å². The maximum absolute atomic E-state index is 13.9. The Morgan fingerprint density at radius 3 is 2.62 bits per heavy atom. The van der Waals surface area contributed by atoms with E-state index in [0.29, 0.717) is 37.2 Å². The van der Waals surface area contributed by atoms with Crippen molar-refractivity contribution in [2.75, 3.05) is 32.0 Å². The molecule has 1 aromatic carbocycles. The number of piperidine rings is 1. The molecule has 4 aliphatic rings. The second kappa shape index (κ2) is 11.9. The summed E-state index contributed by atoms with van der Waals surface area (Å²) in [5.41, 5.74) is 4.30. The molecule has 9 heteroatoms. The van der Waals surface area contributed by atoms with E-state index in [4.69, 9.17) is 0 Å². The number of likely N-dealkylation sites (N-methyl/N-ethyl adjacent to an activating group) is 1. The van der Waals surface area contributed by atoms with Gasteiger partial charge in [0.05, 0.1) is 11.0 Å². The maximum atomic E-state index is 13.9. The molecule has 5 heterocycles. The summed E-state index contributed by atoms with van der Waals surface area (Å²) < 4.78 is 0. The summed E-state index contributed by atoms with van der Waals surface area (Å²) in [5, 5.41) is 6.06. The molecule has 2 aromatic heterocycles. The highest BCUT2D eigenvalue weighted by molar-refractivity contribution is 6.06. The van der Waals surface area contributed by atoms with Crippen LogP contribution in [0.2, 0.25) is 0 Å². The number of carbonyl (C=O) groups excluding carboxylic acids is 3. The van der Waals surface area contributed by atoms with Gasteiger partial charge in [-0.05, 0) is 75.0 Å². The Morgan fingerprint density at radius 1 is 0.956 bits per heavy atom. The van der Waals surface area contributed by atoms with E-state index in [-0.39, 0.29) is 29.7 Å². The number of rotatable bonds is 1. The molecule has 45 heavy (non-hydrogen) atoms. The van der Waals surface area contributed by atoms with Gasteiger partial charge in [-0.25, -0.2) is 4.98 Å². The number of hydrogen-bond acceptors (Lipinski definition) is 6. The first-order chi connectivity index (χ1) is 21.8. The lowest BCUT2D eigenvalue weighted by Gasteiger charge is -2.43. The topological polar surface area (TPSA) is 108 Å². The van der Waals surface area contributed by atoms with E-state index in [1.54, 1.807) is 12.4 Å². The van der Waals surface area contributed by atoms with Gasteiger partial charge in [0.15, 0.2) is 0 Å². The molecule has 0 radical (unpaired) electrons. The van der Waals surface area contributed by atoms with Crippen LogP contribution in [0.3, 0.4) is 0 Å². The highest BCUT2D eigenvalue weighted by Gasteiger charge is 2.52. The molecule has 3 amide bonds. The van der Waals surface area contributed by atoms with Gasteiger partial charge in [-0.2, -0.15) is 0 Å². The summed E-state index contributed by atoms with van der Waals surface area (Å²) in [7, 11) is 2.12. The fourth-order valence-electron chi connectivity index (χ4n) is 7.65. The van der Waals surface area contributed by atoms with E-state index in [2.05, 4.69) is 69.8 Å². The van der Waals surface area contributed by atoms with Gasteiger partial charge in [-0.3, -0.25) is 19.4 Å². The number of pyridine rings is 2. The zero-order valence-corrected chi connectivity index (χ0v) is 26.0. The van der Waals surface area contributed by atoms with Crippen molar-refractivity contribution in [3.05, 3.63) is 94.4 Å². The Labute approximate surface area is 264 Å². The lowest BCUT2D eigenvalue weighted by Crippen LogP contribution is -2.58. The van der Waals surface area contributed by atoms with Crippen LogP contribution in [0.25, 0.3) is 6.08 Å². The number of aromatic nitrogens is 2. The van der Waals surface area contributed by atoms with E-state index >= 15 is 0 Å². The van der Waals surface area contributed by atoms with Gasteiger partial charge in [0, 0.05) is 55.1 Å². The van der Waals surface area contributed by atoms with Crippen molar-refractivity contribution in [3.63, 3.8) is 0 Å². The molecule has 9 nitrogen and oxygen atoms in total. The second-order valence-corrected chi connectivity index (χ2v) is 13.2. The van der Waals surface area contributed by atoms with Crippen LogP contribution in [-0.4, -0.2) is 76.3 Å². The van der Waals surface area contributed by atoms with Crippen molar-refractivity contribution in [2.24, 2.45) is 0 Å². The van der Waals surface area contributed by atoms with Crippen LogP contribution in [0, 0.1) is 0 Å². The molecule has 2 N–H and O–H groups in total.